The van der Waals surface area contributed by atoms with Gasteiger partial charge in [-0.3, -0.25) is 0 Å². The van der Waals surface area contributed by atoms with Crippen molar-refractivity contribution in [3.05, 3.63) is 95.8 Å². The van der Waals surface area contributed by atoms with Crippen LogP contribution in [0, 0.1) is 11.8 Å². The van der Waals surface area contributed by atoms with Gasteiger partial charge in [0.15, 0.2) is 0 Å². The van der Waals surface area contributed by atoms with Gasteiger partial charge < -0.3 is 19.3 Å². The van der Waals surface area contributed by atoms with Crippen molar-refractivity contribution in [3.8, 4) is 5.75 Å². The van der Waals surface area contributed by atoms with E-state index in [0.29, 0.717) is 30.8 Å². The molecule has 0 radical (unpaired) electrons. The SMILES string of the molecule is C=C/C(OCC(O)CCOc1ccc(C(=C)CC2CCCC(c3ccc(CCCCCOC)cc3)CC2)cc1)=C(\C)C(C)C. The summed E-state index contributed by atoms with van der Waals surface area (Å²) in [5, 5.41) is 10.4. The molecule has 242 valence electrons. The fourth-order valence-electron chi connectivity index (χ4n) is 6.08. The Morgan fingerprint density at radius 2 is 1.70 bits per heavy atom. The molecule has 1 N–H and O–H groups in total. The maximum Gasteiger partial charge on any atom is 0.119 e. The van der Waals surface area contributed by atoms with E-state index in [4.69, 9.17) is 14.2 Å². The van der Waals surface area contributed by atoms with Gasteiger partial charge in [0.2, 0.25) is 0 Å². The van der Waals surface area contributed by atoms with Gasteiger partial charge in [-0.2, -0.15) is 0 Å². The smallest absolute Gasteiger partial charge is 0.119 e. The van der Waals surface area contributed by atoms with Crippen molar-refractivity contribution in [1.29, 1.82) is 0 Å². The zero-order chi connectivity index (χ0) is 31.7. The molecule has 1 aliphatic rings. The molecule has 0 saturated heterocycles. The maximum absolute atomic E-state index is 10.4. The largest absolute Gasteiger partial charge is 0.493 e. The summed E-state index contributed by atoms with van der Waals surface area (Å²) < 4.78 is 16.9. The Labute approximate surface area is 268 Å². The quantitative estimate of drug-likeness (QED) is 0.0752. The highest BCUT2D eigenvalue weighted by Crippen LogP contribution is 2.37. The van der Waals surface area contributed by atoms with Crippen LogP contribution in [-0.2, 0) is 15.9 Å². The summed E-state index contributed by atoms with van der Waals surface area (Å²) in [6.45, 7) is 16.1. The maximum atomic E-state index is 10.4. The third-order valence-corrected chi connectivity index (χ3v) is 9.24. The second-order valence-electron chi connectivity index (χ2n) is 13.0. The Balaban J connectivity index is 1.38. The zero-order valence-corrected chi connectivity index (χ0v) is 28.0. The molecule has 2 aromatic carbocycles. The molecule has 0 bridgehead atoms. The first-order valence-electron chi connectivity index (χ1n) is 16.9. The van der Waals surface area contributed by atoms with E-state index < -0.39 is 6.10 Å². The average molecular weight is 603 g/mol. The standard InChI is InChI=1S/C40H58O4/c1-7-40(32(5)30(2)3)44-29-38(41)25-27-43-39-23-21-35(22-24-39)31(4)28-34-13-11-14-36(20-17-34)37-18-15-33(16-19-37)12-9-8-10-26-42-6/h7,15-16,18-19,21-24,30,34,36,38,41H,1,4,8-14,17,20,25-29H2,2-3,5-6H3/b40-32-. The first-order chi connectivity index (χ1) is 21.3. The lowest BCUT2D eigenvalue weighted by Gasteiger charge is -2.18. The molecule has 1 saturated carbocycles. The Kier molecular flexibility index (Phi) is 15.8. The van der Waals surface area contributed by atoms with E-state index in [1.54, 1.807) is 13.2 Å². The van der Waals surface area contributed by atoms with Crippen molar-refractivity contribution >= 4 is 5.57 Å². The van der Waals surface area contributed by atoms with Gasteiger partial charge in [-0.05, 0) is 116 Å². The van der Waals surface area contributed by atoms with Crippen LogP contribution in [0.4, 0.5) is 0 Å². The van der Waals surface area contributed by atoms with E-state index in [2.05, 4.69) is 63.4 Å². The van der Waals surface area contributed by atoms with Crippen LogP contribution in [0.15, 0.2) is 79.1 Å². The molecule has 1 fully saturated rings. The van der Waals surface area contributed by atoms with E-state index in [1.807, 2.05) is 19.1 Å². The summed E-state index contributed by atoms with van der Waals surface area (Å²) in [6.07, 6.45) is 13.9. The second kappa shape index (κ2) is 19.5. The molecule has 0 heterocycles. The van der Waals surface area contributed by atoms with Crippen molar-refractivity contribution in [3.63, 3.8) is 0 Å². The number of allylic oxidation sites excluding steroid dienone is 3. The number of methoxy groups -OCH3 is 1. The van der Waals surface area contributed by atoms with Crippen LogP contribution in [0.5, 0.6) is 5.75 Å². The predicted molar refractivity (Wildman–Crippen MR) is 185 cm³/mol. The van der Waals surface area contributed by atoms with Crippen LogP contribution in [0.3, 0.4) is 0 Å². The van der Waals surface area contributed by atoms with Crippen LogP contribution in [-0.4, -0.2) is 38.1 Å². The summed E-state index contributed by atoms with van der Waals surface area (Å²) >= 11 is 0. The Morgan fingerprint density at radius 3 is 2.39 bits per heavy atom. The normalized spacial score (nSPS) is 18.3. The van der Waals surface area contributed by atoms with Gasteiger partial charge in [0.25, 0.3) is 0 Å². The van der Waals surface area contributed by atoms with Crippen LogP contribution in [0.1, 0.15) is 108 Å². The third-order valence-electron chi connectivity index (χ3n) is 9.24. The molecule has 0 spiro atoms. The van der Waals surface area contributed by atoms with E-state index >= 15 is 0 Å². The molecule has 1 aliphatic carbocycles. The molecule has 3 rings (SSSR count). The van der Waals surface area contributed by atoms with Gasteiger partial charge in [-0.25, -0.2) is 0 Å². The van der Waals surface area contributed by atoms with Gasteiger partial charge in [0, 0.05) is 20.1 Å². The molecule has 0 aliphatic heterocycles. The topological polar surface area (TPSA) is 47.9 Å². The van der Waals surface area contributed by atoms with E-state index in [9.17, 15) is 5.11 Å². The Hall–Kier alpha value is -2.82. The van der Waals surface area contributed by atoms with Crippen molar-refractivity contribution < 1.29 is 19.3 Å². The van der Waals surface area contributed by atoms with Crippen molar-refractivity contribution in [2.45, 2.75) is 103 Å². The highest BCUT2D eigenvalue weighted by atomic mass is 16.5. The predicted octanol–water partition coefficient (Wildman–Crippen LogP) is 10.1. The minimum atomic E-state index is -0.594. The summed E-state index contributed by atoms with van der Waals surface area (Å²) in [6, 6.07) is 17.7. The lowest BCUT2D eigenvalue weighted by Crippen LogP contribution is -2.18. The molecule has 4 nitrogen and oxygen atoms in total. The average Bonchev–Trinajstić information content (AvgIpc) is 3.27. The second-order valence-corrected chi connectivity index (χ2v) is 13.0. The van der Waals surface area contributed by atoms with E-state index in [1.165, 1.54) is 67.2 Å². The molecule has 44 heavy (non-hydrogen) atoms. The molecule has 3 atom stereocenters. The first-order valence-corrected chi connectivity index (χ1v) is 16.9. The highest BCUT2D eigenvalue weighted by Gasteiger charge is 2.21. The number of ether oxygens (including phenoxy) is 3. The highest BCUT2D eigenvalue weighted by molar-refractivity contribution is 5.64. The van der Waals surface area contributed by atoms with Gasteiger partial charge in [0.1, 0.15) is 18.1 Å². The summed E-state index contributed by atoms with van der Waals surface area (Å²) in [5.41, 5.74) is 6.51. The number of aryl methyl sites for hydroxylation is 1. The Bertz CT molecular complexity index is 1140. The lowest BCUT2D eigenvalue weighted by molar-refractivity contribution is 0.0581. The number of benzene rings is 2. The Morgan fingerprint density at radius 1 is 0.955 bits per heavy atom. The van der Waals surface area contributed by atoms with Crippen LogP contribution < -0.4 is 4.74 Å². The summed E-state index contributed by atoms with van der Waals surface area (Å²) in [4.78, 5) is 0. The van der Waals surface area contributed by atoms with Gasteiger partial charge in [0.05, 0.1) is 12.7 Å². The van der Waals surface area contributed by atoms with Crippen molar-refractivity contribution in [2.75, 3.05) is 26.9 Å². The van der Waals surface area contributed by atoms with Gasteiger partial charge in [-0.15, -0.1) is 0 Å². The number of hydrogen-bond acceptors (Lipinski definition) is 4. The molecule has 2 aromatic rings. The molecular formula is C40H58O4. The number of rotatable bonds is 19. The number of unbranched alkanes of at least 4 members (excludes halogenated alkanes) is 2. The molecule has 3 unspecified atom stereocenters. The van der Waals surface area contributed by atoms with Crippen molar-refractivity contribution in [1.82, 2.24) is 0 Å². The first kappa shape index (κ1) is 35.7. The van der Waals surface area contributed by atoms with E-state index in [0.717, 1.165) is 43.0 Å². The zero-order valence-electron chi connectivity index (χ0n) is 28.0. The number of aliphatic hydroxyl groups excluding tert-OH is 1. The fourth-order valence-corrected chi connectivity index (χ4v) is 6.08. The van der Waals surface area contributed by atoms with Crippen molar-refractivity contribution in [2.24, 2.45) is 11.8 Å². The summed E-state index contributed by atoms with van der Waals surface area (Å²) in [5.74, 6) is 3.31. The summed E-state index contributed by atoms with van der Waals surface area (Å²) in [7, 11) is 1.78. The minimum Gasteiger partial charge on any atom is -0.493 e. The lowest BCUT2D eigenvalue weighted by atomic mass is 9.88. The molecule has 0 amide bonds. The molecular weight excluding hydrogens is 544 g/mol. The van der Waals surface area contributed by atoms with Crippen LogP contribution in [0.25, 0.3) is 5.57 Å². The van der Waals surface area contributed by atoms with Crippen LogP contribution >= 0.6 is 0 Å². The molecule has 0 aromatic heterocycles. The minimum absolute atomic E-state index is 0.234. The monoisotopic (exact) mass is 602 g/mol. The van der Waals surface area contributed by atoms with Crippen LogP contribution in [0.2, 0.25) is 0 Å². The molecule has 4 heteroatoms. The number of hydrogen-bond donors (Lipinski definition) is 1. The van der Waals surface area contributed by atoms with Gasteiger partial charge >= 0.3 is 0 Å². The number of aliphatic hydroxyl groups is 1. The van der Waals surface area contributed by atoms with Gasteiger partial charge in [-0.1, -0.05) is 82.7 Å². The third kappa shape index (κ3) is 12.3. The fraction of sp³-hybridized carbons (Fsp3) is 0.550. The van der Waals surface area contributed by atoms with E-state index in [-0.39, 0.29) is 6.61 Å².